The number of phenols is 2. The third kappa shape index (κ3) is 10.1. The second-order valence-corrected chi connectivity index (χ2v) is 12.8. The Morgan fingerprint density at radius 3 is 2.10 bits per heavy atom. The molecule has 0 bridgehead atoms. The van der Waals surface area contributed by atoms with Crippen LogP contribution >= 0.6 is 0 Å². The number of aromatic hydroxyl groups is 2. The molecular weight excluding hydrogens is 620 g/mol. The number of aromatic amines is 1. The summed E-state index contributed by atoms with van der Waals surface area (Å²) in [5, 5.41) is 47.0. The Morgan fingerprint density at radius 2 is 1.41 bits per heavy atom. The Kier molecular flexibility index (Phi) is 12.3. The minimum Gasteiger partial charge on any atom is -0.504 e. The Labute approximate surface area is 287 Å². The van der Waals surface area contributed by atoms with Crippen LogP contribution in [0.1, 0.15) is 35.6 Å². The van der Waals surface area contributed by atoms with Crippen molar-refractivity contribution < 1.29 is 34.7 Å². The van der Waals surface area contributed by atoms with Gasteiger partial charge in [-0.15, -0.1) is 0 Å². The molecule has 4 aromatic carbocycles. The lowest BCUT2D eigenvalue weighted by atomic mass is 9.82. The van der Waals surface area contributed by atoms with E-state index in [4.69, 9.17) is 9.47 Å². The minimum absolute atomic E-state index is 0.0196. The van der Waals surface area contributed by atoms with Crippen LogP contribution in [0.2, 0.25) is 0 Å². The van der Waals surface area contributed by atoms with Crippen LogP contribution in [0.5, 0.6) is 23.0 Å². The summed E-state index contributed by atoms with van der Waals surface area (Å²) in [6.07, 6.45) is 4.12. The molecule has 6 N–H and O–H groups in total. The highest BCUT2D eigenvalue weighted by Gasteiger charge is 2.28. The van der Waals surface area contributed by atoms with Crippen LogP contribution in [0.3, 0.4) is 0 Å². The van der Waals surface area contributed by atoms with Crippen LogP contribution < -0.4 is 14.8 Å². The molecule has 0 aliphatic rings. The highest BCUT2D eigenvalue weighted by atomic mass is 16.5. The molecule has 49 heavy (non-hydrogen) atoms. The normalized spacial score (nSPS) is 13.9. The maximum absolute atomic E-state index is 14.2. The van der Waals surface area contributed by atoms with Gasteiger partial charge in [-0.25, -0.2) is 0 Å². The van der Waals surface area contributed by atoms with Crippen molar-refractivity contribution in [3.8, 4) is 23.0 Å². The number of ether oxygens (including phenoxy) is 2. The van der Waals surface area contributed by atoms with Crippen molar-refractivity contribution in [2.45, 2.75) is 51.2 Å². The number of H-pyrrole nitrogens is 1. The summed E-state index contributed by atoms with van der Waals surface area (Å²) in [5.41, 5.74) is 3.74. The standard InChI is InChI=1S/C40H46N2O7/c1-26(43)23-42-25-49-40-21-29(9-12-36(40)45)18-33(16-27-7-10-31-5-3-4-6-32(31)15-27)37(46)22-38(47)34(19-30-13-14-41-24-30)17-28-8-11-35(44)39(20-28)48-2/h3-15,20-21,24,26,33-34,38,41-45,47H,16-19,22-23,25H2,1-2H3/t26-,33-,34+,38+/m0/s1. The third-order valence-corrected chi connectivity index (χ3v) is 8.88. The number of benzene rings is 4. The number of Topliss-reactive ketones (excluding diaryl/α,β-unsaturated/α-hetero) is 1. The van der Waals surface area contributed by atoms with Crippen molar-refractivity contribution in [1.82, 2.24) is 10.3 Å². The molecule has 0 saturated carbocycles. The Morgan fingerprint density at radius 1 is 0.776 bits per heavy atom. The van der Waals surface area contributed by atoms with E-state index in [1.807, 2.05) is 42.7 Å². The molecule has 9 heteroatoms. The van der Waals surface area contributed by atoms with Crippen LogP contribution in [0.15, 0.2) is 97.3 Å². The van der Waals surface area contributed by atoms with Gasteiger partial charge in [-0.2, -0.15) is 0 Å². The number of rotatable bonds is 18. The van der Waals surface area contributed by atoms with Gasteiger partial charge in [-0.3, -0.25) is 10.1 Å². The SMILES string of the molecule is COc1cc(C[C@H](Cc2cc[nH]c2)[C@H](O)CC(=O)[C@H](Cc2ccc(O)c(OCNC[C@H](C)O)c2)Cc2ccc3ccccc3c2)ccc1O. The van der Waals surface area contributed by atoms with E-state index >= 15 is 0 Å². The minimum atomic E-state index is -0.931. The Hall–Kier alpha value is -4.83. The number of ketones is 1. The van der Waals surface area contributed by atoms with Gasteiger partial charge in [0.05, 0.1) is 19.3 Å². The number of phenolic OH excluding ortho intramolecular Hbond substituents is 2. The molecule has 4 atom stereocenters. The van der Waals surface area contributed by atoms with E-state index in [9.17, 15) is 25.2 Å². The summed E-state index contributed by atoms with van der Waals surface area (Å²) in [6.45, 7) is 2.11. The lowest BCUT2D eigenvalue weighted by Gasteiger charge is -2.25. The monoisotopic (exact) mass is 666 g/mol. The predicted molar refractivity (Wildman–Crippen MR) is 190 cm³/mol. The highest BCUT2D eigenvalue weighted by Crippen LogP contribution is 2.32. The molecule has 0 fully saturated rings. The number of methoxy groups -OCH3 is 1. The van der Waals surface area contributed by atoms with E-state index in [1.165, 1.54) is 7.11 Å². The van der Waals surface area contributed by atoms with Gasteiger partial charge in [-0.05, 0) is 102 Å². The molecule has 0 aliphatic carbocycles. The first kappa shape index (κ1) is 35.5. The summed E-state index contributed by atoms with van der Waals surface area (Å²) >= 11 is 0. The largest absolute Gasteiger partial charge is 0.504 e. The summed E-state index contributed by atoms with van der Waals surface area (Å²) in [7, 11) is 1.50. The van der Waals surface area contributed by atoms with Crippen molar-refractivity contribution in [2.24, 2.45) is 11.8 Å². The number of hydrogen-bond donors (Lipinski definition) is 6. The van der Waals surface area contributed by atoms with Gasteiger partial charge in [0.15, 0.2) is 23.0 Å². The van der Waals surface area contributed by atoms with E-state index in [0.717, 1.165) is 33.0 Å². The first-order valence-corrected chi connectivity index (χ1v) is 16.7. The van der Waals surface area contributed by atoms with Crippen LogP contribution in [-0.2, 0) is 30.5 Å². The smallest absolute Gasteiger partial charge is 0.163 e. The highest BCUT2D eigenvalue weighted by molar-refractivity contribution is 5.84. The van der Waals surface area contributed by atoms with Crippen LogP contribution in [0.25, 0.3) is 10.8 Å². The lowest BCUT2D eigenvalue weighted by molar-refractivity contribution is -0.125. The molecule has 0 saturated heterocycles. The van der Waals surface area contributed by atoms with Crippen LogP contribution in [-0.4, -0.2) is 63.8 Å². The van der Waals surface area contributed by atoms with Gasteiger partial charge < -0.3 is 34.9 Å². The van der Waals surface area contributed by atoms with E-state index < -0.39 is 18.1 Å². The van der Waals surface area contributed by atoms with E-state index in [2.05, 4.69) is 34.6 Å². The molecule has 1 heterocycles. The topological polar surface area (TPSA) is 144 Å². The first-order valence-electron chi connectivity index (χ1n) is 16.7. The first-order chi connectivity index (χ1) is 23.7. The van der Waals surface area contributed by atoms with Gasteiger partial charge in [0.25, 0.3) is 0 Å². The number of aliphatic hydroxyl groups excluding tert-OH is 2. The Balaban J connectivity index is 1.38. The molecule has 5 aromatic rings. The lowest BCUT2D eigenvalue weighted by Crippen LogP contribution is -2.31. The summed E-state index contributed by atoms with van der Waals surface area (Å²) in [4.78, 5) is 17.3. The number of carbonyl (C=O) groups excluding carboxylic acids is 1. The average molecular weight is 667 g/mol. The Bertz CT molecular complexity index is 1800. The zero-order valence-electron chi connectivity index (χ0n) is 28.0. The fourth-order valence-corrected chi connectivity index (χ4v) is 6.26. The molecule has 0 aliphatic heterocycles. The molecule has 0 spiro atoms. The maximum Gasteiger partial charge on any atom is 0.163 e. The van der Waals surface area contributed by atoms with E-state index in [0.29, 0.717) is 38.0 Å². The van der Waals surface area contributed by atoms with Crippen molar-refractivity contribution >= 4 is 16.6 Å². The maximum atomic E-state index is 14.2. The van der Waals surface area contributed by atoms with Crippen molar-refractivity contribution in [3.05, 3.63) is 120 Å². The number of hydrogen-bond acceptors (Lipinski definition) is 8. The molecule has 258 valence electrons. The van der Waals surface area contributed by atoms with Crippen molar-refractivity contribution in [2.75, 3.05) is 20.4 Å². The van der Waals surface area contributed by atoms with E-state index in [-0.39, 0.29) is 42.1 Å². The van der Waals surface area contributed by atoms with Gasteiger partial charge in [-0.1, -0.05) is 54.6 Å². The van der Waals surface area contributed by atoms with Gasteiger partial charge in [0.2, 0.25) is 0 Å². The average Bonchev–Trinajstić information content (AvgIpc) is 3.61. The number of carbonyl (C=O) groups is 1. The number of nitrogens with one attached hydrogen (secondary N) is 2. The second kappa shape index (κ2) is 17.0. The molecular formula is C40H46N2O7. The fourth-order valence-electron chi connectivity index (χ4n) is 6.26. The van der Waals surface area contributed by atoms with Crippen LogP contribution in [0, 0.1) is 11.8 Å². The van der Waals surface area contributed by atoms with Crippen molar-refractivity contribution in [3.63, 3.8) is 0 Å². The van der Waals surface area contributed by atoms with Gasteiger partial charge in [0, 0.05) is 31.3 Å². The van der Waals surface area contributed by atoms with Gasteiger partial charge >= 0.3 is 0 Å². The molecule has 0 amide bonds. The molecule has 0 unspecified atom stereocenters. The summed E-state index contributed by atoms with van der Waals surface area (Å²) in [5.74, 6) is -0.134. The quantitative estimate of drug-likeness (QED) is 0.0515. The summed E-state index contributed by atoms with van der Waals surface area (Å²) < 4.78 is 11.1. The summed E-state index contributed by atoms with van der Waals surface area (Å²) in [6, 6.07) is 26.5. The molecule has 0 radical (unpaired) electrons. The second-order valence-electron chi connectivity index (χ2n) is 12.8. The fraction of sp³-hybridized carbons (Fsp3) is 0.325. The zero-order valence-corrected chi connectivity index (χ0v) is 28.0. The number of fused-ring (bicyclic) bond motifs is 1. The van der Waals surface area contributed by atoms with Crippen LogP contribution in [0.4, 0.5) is 0 Å². The predicted octanol–water partition coefficient (Wildman–Crippen LogP) is 5.72. The molecule has 9 nitrogen and oxygen atoms in total. The van der Waals surface area contributed by atoms with E-state index in [1.54, 1.807) is 37.3 Å². The third-order valence-electron chi connectivity index (χ3n) is 8.88. The van der Waals surface area contributed by atoms with Crippen molar-refractivity contribution in [1.29, 1.82) is 0 Å². The number of aliphatic hydroxyl groups is 2. The van der Waals surface area contributed by atoms with Gasteiger partial charge in [0.1, 0.15) is 12.5 Å². The molecule has 1 aromatic heterocycles. The zero-order chi connectivity index (χ0) is 34.8. The number of aromatic nitrogens is 1. The molecule has 5 rings (SSSR count).